The molecule has 0 fully saturated rings. The highest BCUT2D eigenvalue weighted by Gasteiger charge is 2.05. The Bertz CT molecular complexity index is 456. The van der Waals surface area contributed by atoms with Crippen molar-refractivity contribution < 1.29 is 9.18 Å². The van der Waals surface area contributed by atoms with E-state index < -0.39 is 0 Å². The van der Waals surface area contributed by atoms with Crippen molar-refractivity contribution in [1.82, 2.24) is 5.32 Å². The Kier molecular flexibility index (Phi) is 5.66. The van der Waals surface area contributed by atoms with Gasteiger partial charge in [0, 0.05) is 6.08 Å². The average Bonchev–Trinajstić information content (AvgIpc) is 2.37. The molecule has 0 saturated heterocycles. The Morgan fingerprint density at radius 2 is 2.17 bits per heavy atom. The molecule has 0 saturated carbocycles. The van der Waals surface area contributed by atoms with Crippen molar-refractivity contribution in [2.75, 3.05) is 0 Å². The maximum atomic E-state index is 12.7. The lowest BCUT2D eigenvalue weighted by Crippen LogP contribution is -2.32. The van der Waals surface area contributed by atoms with E-state index in [2.05, 4.69) is 11.2 Å². The second kappa shape index (κ2) is 7.29. The van der Waals surface area contributed by atoms with Gasteiger partial charge in [-0.25, -0.2) is 4.39 Å². The molecule has 0 aromatic heterocycles. The molecule has 1 atom stereocenters. The van der Waals surface area contributed by atoms with Crippen LogP contribution in [-0.4, -0.2) is 11.9 Å². The van der Waals surface area contributed by atoms with Crippen LogP contribution < -0.4 is 5.32 Å². The van der Waals surface area contributed by atoms with Crippen LogP contribution in [0.2, 0.25) is 0 Å². The first-order valence-corrected chi connectivity index (χ1v) is 5.86. The number of nitrogens with one attached hydrogen (secondary N) is 1. The maximum Gasteiger partial charge on any atom is 0.244 e. The molecule has 0 spiro atoms. The highest BCUT2D eigenvalue weighted by Crippen LogP contribution is 2.04. The molecule has 0 aliphatic carbocycles. The molecule has 0 aliphatic rings. The summed E-state index contributed by atoms with van der Waals surface area (Å²) in [5, 5.41) is 2.71. The van der Waals surface area contributed by atoms with Gasteiger partial charge in [0.25, 0.3) is 0 Å². The molecule has 1 aromatic rings. The van der Waals surface area contributed by atoms with Gasteiger partial charge >= 0.3 is 0 Å². The number of hydrogen-bond donors (Lipinski definition) is 1. The number of carbonyl (C=O) groups is 1. The van der Waals surface area contributed by atoms with Crippen LogP contribution in [0.3, 0.4) is 0 Å². The van der Waals surface area contributed by atoms with E-state index >= 15 is 0 Å². The number of amides is 1. The van der Waals surface area contributed by atoms with Crippen LogP contribution in [0.15, 0.2) is 30.3 Å². The third-order valence-electron chi connectivity index (χ3n) is 2.39. The number of benzene rings is 1. The summed E-state index contributed by atoms with van der Waals surface area (Å²) in [7, 11) is 0. The van der Waals surface area contributed by atoms with Gasteiger partial charge in [-0.05, 0) is 30.2 Å². The maximum absolute atomic E-state index is 12.7. The smallest absolute Gasteiger partial charge is 0.244 e. The highest BCUT2D eigenvalue weighted by molar-refractivity contribution is 5.92. The van der Waals surface area contributed by atoms with Crippen LogP contribution in [0.1, 0.15) is 25.3 Å². The minimum absolute atomic E-state index is 0.236. The van der Waals surface area contributed by atoms with Crippen molar-refractivity contribution in [3.05, 3.63) is 41.7 Å². The molecule has 0 aliphatic heterocycles. The minimum Gasteiger partial charge on any atom is -0.339 e. The van der Waals surface area contributed by atoms with Crippen molar-refractivity contribution in [1.29, 1.82) is 0 Å². The van der Waals surface area contributed by atoms with Crippen molar-refractivity contribution in [3.63, 3.8) is 0 Å². The van der Waals surface area contributed by atoms with Crippen molar-refractivity contribution >= 4 is 12.0 Å². The van der Waals surface area contributed by atoms with Gasteiger partial charge in [0.05, 0.1) is 6.04 Å². The van der Waals surface area contributed by atoms with Crippen molar-refractivity contribution in [2.45, 2.75) is 25.8 Å². The lowest BCUT2D eigenvalue weighted by atomic mass is 10.1. The van der Waals surface area contributed by atoms with E-state index in [4.69, 9.17) is 6.42 Å². The first-order chi connectivity index (χ1) is 8.65. The standard InChI is InChI=1S/C15H16FNO/c1-3-5-14(4-2)17-15(18)11-8-12-6-9-13(16)10-7-12/h2,6-11,14H,3,5H2,1H3,(H,17,18)/b11-8+. The quantitative estimate of drug-likeness (QED) is 0.627. The zero-order valence-electron chi connectivity index (χ0n) is 10.3. The van der Waals surface area contributed by atoms with Gasteiger partial charge in [-0.1, -0.05) is 31.4 Å². The van der Waals surface area contributed by atoms with Crippen molar-refractivity contribution in [3.8, 4) is 12.3 Å². The third kappa shape index (κ3) is 4.84. The largest absolute Gasteiger partial charge is 0.339 e. The van der Waals surface area contributed by atoms with Crippen LogP contribution in [0.25, 0.3) is 6.08 Å². The number of rotatable bonds is 5. The Labute approximate surface area is 107 Å². The summed E-state index contributed by atoms with van der Waals surface area (Å²) in [5.41, 5.74) is 0.763. The van der Waals surface area contributed by atoms with E-state index in [1.165, 1.54) is 18.2 Å². The van der Waals surface area contributed by atoms with E-state index in [-0.39, 0.29) is 17.8 Å². The summed E-state index contributed by atoms with van der Waals surface area (Å²) < 4.78 is 12.7. The third-order valence-corrected chi connectivity index (χ3v) is 2.39. The molecule has 18 heavy (non-hydrogen) atoms. The van der Waals surface area contributed by atoms with Gasteiger partial charge in [-0.3, -0.25) is 4.79 Å². The fraction of sp³-hybridized carbons (Fsp3) is 0.267. The van der Waals surface area contributed by atoms with Gasteiger partial charge in [0.1, 0.15) is 5.82 Å². The second-order valence-electron chi connectivity index (χ2n) is 3.90. The molecule has 2 nitrogen and oxygen atoms in total. The summed E-state index contributed by atoms with van der Waals surface area (Å²) >= 11 is 0. The second-order valence-corrected chi connectivity index (χ2v) is 3.90. The summed E-state index contributed by atoms with van der Waals surface area (Å²) in [6, 6.07) is 5.66. The highest BCUT2D eigenvalue weighted by atomic mass is 19.1. The molecular formula is C15H16FNO. The lowest BCUT2D eigenvalue weighted by Gasteiger charge is -2.09. The Morgan fingerprint density at radius 1 is 1.50 bits per heavy atom. The molecule has 1 unspecified atom stereocenters. The molecule has 3 heteroatoms. The van der Waals surface area contributed by atoms with Crippen LogP contribution in [0, 0.1) is 18.2 Å². The molecule has 0 radical (unpaired) electrons. The van der Waals surface area contributed by atoms with E-state index in [9.17, 15) is 9.18 Å². The zero-order chi connectivity index (χ0) is 13.4. The fourth-order valence-electron chi connectivity index (χ4n) is 1.45. The zero-order valence-corrected chi connectivity index (χ0v) is 10.3. The summed E-state index contributed by atoms with van der Waals surface area (Å²) in [6.07, 6.45) is 9.99. The number of halogens is 1. The number of carbonyl (C=O) groups excluding carboxylic acids is 1. The first kappa shape index (κ1) is 14.0. The molecule has 1 N–H and O–H groups in total. The molecule has 0 heterocycles. The molecule has 1 amide bonds. The van der Waals surface area contributed by atoms with Gasteiger partial charge < -0.3 is 5.32 Å². The SMILES string of the molecule is C#CC(CCC)NC(=O)/C=C/c1ccc(F)cc1. The molecule has 1 aromatic carbocycles. The van der Waals surface area contributed by atoms with Crippen molar-refractivity contribution in [2.24, 2.45) is 0 Å². The fourth-order valence-corrected chi connectivity index (χ4v) is 1.45. The predicted molar refractivity (Wildman–Crippen MR) is 71.1 cm³/mol. The van der Waals surface area contributed by atoms with E-state index in [1.54, 1.807) is 18.2 Å². The molecular weight excluding hydrogens is 229 g/mol. The van der Waals surface area contributed by atoms with Crippen LogP contribution in [-0.2, 0) is 4.79 Å². The summed E-state index contributed by atoms with van der Waals surface area (Å²) in [5.74, 6) is 1.98. The monoisotopic (exact) mass is 245 g/mol. The molecule has 1 rings (SSSR count). The van der Waals surface area contributed by atoms with Gasteiger partial charge in [0.15, 0.2) is 0 Å². The predicted octanol–water partition coefficient (Wildman–Crippen LogP) is 2.76. The van der Waals surface area contributed by atoms with E-state index in [0.29, 0.717) is 0 Å². The number of hydrogen-bond acceptors (Lipinski definition) is 1. The van der Waals surface area contributed by atoms with Gasteiger partial charge in [-0.2, -0.15) is 0 Å². The lowest BCUT2D eigenvalue weighted by molar-refractivity contribution is -0.116. The molecule has 0 bridgehead atoms. The normalized spacial score (nSPS) is 12.1. The molecule has 94 valence electrons. The van der Waals surface area contributed by atoms with E-state index in [1.807, 2.05) is 6.92 Å². The summed E-state index contributed by atoms with van der Waals surface area (Å²) in [6.45, 7) is 2.00. The van der Waals surface area contributed by atoms with Gasteiger partial charge in [-0.15, -0.1) is 6.42 Å². The number of terminal acetylenes is 1. The average molecular weight is 245 g/mol. The Balaban J connectivity index is 2.54. The van der Waals surface area contributed by atoms with Crippen LogP contribution >= 0.6 is 0 Å². The summed E-state index contributed by atoms with van der Waals surface area (Å²) in [4.78, 5) is 11.6. The van der Waals surface area contributed by atoms with Gasteiger partial charge in [0.2, 0.25) is 5.91 Å². The Morgan fingerprint density at radius 3 is 2.72 bits per heavy atom. The topological polar surface area (TPSA) is 29.1 Å². The van der Waals surface area contributed by atoms with Crippen LogP contribution in [0.5, 0.6) is 0 Å². The first-order valence-electron chi connectivity index (χ1n) is 5.86. The van der Waals surface area contributed by atoms with Crippen LogP contribution in [0.4, 0.5) is 4.39 Å². The van der Waals surface area contributed by atoms with E-state index in [0.717, 1.165) is 18.4 Å². The minimum atomic E-state index is -0.299. The Hall–Kier alpha value is -2.08.